The van der Waals surface area contributed by atoms with Crippen LogP contribution in [0.1, 0.15) is 32.1 Å². The minimum absolute atomic E-state index is 0.0684. The summed E-state index contributed by atoms with van der Waals surface area (Å²) in [6, 6.07) is -0.0684. The van der Waals surface area contributed by atoms with Crippen LogP contribution in [0, 0.1) is 17.8 Å². The Morgan fingerprint density at radius 1 is 1.22 bits per heavy atom. The second-order valence-corrected chi connectivity index (χ2v) is 8.53. The van der Waals surface area contributed by atoms with Gasteiger partial charge in [0.15, 0.2) is 9.84 Å². The highest BCUT2D eigenvalue weighted by atomic mass is 32.2. The maximum atomic E-state index is 12.2. The van der Waals surface area contributed by atoms with E-state index < -0.39 is 9.84 Å². The summed E-state index contributed by atoms with van der Waals surface area (Å²) in [6.45, 7) is 0. The third kappa shape index (κ3) is 2.17. The fourth-order valence-corrected chi connectivity index (χ4v) is 5.48. The molecule has 1 amide bonds. The number of nitrogens with zero attached hydrogens (tertiary/aromatic N) is 1. The number of hydrogen-bond donors (Lipinski definition) is 0. The van der Waals surface area contributed by atoms with E-state index in [1.165, 1.54) is 25.7 Å². The molecule has 18 heavy (non-hydrogen) atoms. The summed E-state index contributed by atoms with van der Waals surface area (Å²) in [5, 5.41) is 0. The van der Waals surface area contributed by atoms with Gasteiger partial charge in [-0.05, 0) is 37.0 Å². The van der Waals surface area contributed by atoms with E-state index in [0.717, 1.165) is 11.8 Å². The summed E-state index contributed by atoms with van der Waals surface area (Å²) >= 11 is 0. The summed E-state index contributed by atoms with van der Waals surface area (Å²) in [4.78, 5) is 13.8. The Bertz CT molecular complexity index is 447. The van der Waals surface area contributed by atoms with Crippen molar-refractivity contribution in [1.82, 2.24) is 4.90 Å². The lowest BCUT2D eigenvalue weighted by Crippen LogP contribution is -2.53. The van der Waals surface area contributed by atoms with Gasteiger partial charge in [-0.3, -0.25) is 4.79 Å². The lowest BCUT2D eigenvalue weighted by Gasteiger charge is -2.35. The molecule has 0 spiro atoms. The van der Waals surface area contributed by atoms with E-state index in [9.17, 15) is 13.2 Å². The van der Waals surface area contributed by atoms with Gasteiger partial charge in [-0.25, -0.2) is 8.42 Å². The summed E-state index contributed by atoms with van der Waals surface area (Å²) in [5.41, 5.74) is 0. The first kappa shape index (κ1) is 12.5. The van der Waals surface area contributed by atoms with Gasteiger partial charge in [-0.15, -0.1) is 0 Å². The van der Waals surface area contributed by atoms with Gasteiger partial charge in [0.25, 0.3) is 0 Å². The van der Waals surface area contributed by atoms with Crippen LogP contribution < -0.4 is 0 Å². The summed E-state index contributed by atoms with van der Waals surface area (Å²) in [5.74, 6) is 2.65. The summed E-state index contributed by atoms with van der Waals surface area (Å²) in [6.07, 6.45) is 5.82. The van der Waals surface area contributed by atoms with Crippen LogP contribution in [0.15, 0.2) is 0 Å². The van der Waals surface area contributed by atoms with Crippen LogP contribution in [0.5, 0.6) is 0 Å². The molecule has 0 aromatic carbocycles. The zero-order chi connectivity index (χ0) is 12.9. The molecule has 1 saturated heterocycles. The number of rotatable bonds is 3. The lowest BCUT2D eigenvalue weighted by atomic mass is 9.86. The van der Waals surface area contributed by atoms with Crippen molar-refractivity contribution in [2.24, 2.45) is 17.8 Å². The molecule has 0 aromatic heterocycles. The maximum Gasteiger partial charge on any atom is 0.222 e. The molecule has 2 aliphatic carbocycles. The number of amides is 1. The average Bonchev–Trinajstić information content (AvgIpc) is 2.86. The number of sulfone groups is 1. The second-order valence-electron chi connectivity index (χ2n) is 6.37. The first-order valence-electron chi connectivity index (χ1n) is 6.90. The highest BCUT2D eigenvalue weighted by molar-refractivity contribution is 7.92. The largest absolute Gasteiger partial charge is 0.341 e. The Kier molecular flexibility index (Phi) is 2.92. The monoisotopic (exact) mass is 271 g/mol. The van der Waals surface area contributed by atoms with Gasteiger partial charge >= 0.3 is 0 Å². The zero-order valence-corrected chi connectivity index (χ0v) is 11.7. The predicted octanol–water partition coefficient (Wildman–Crippen LogP) is 1.07. The van der Waals surface area contributed by atoms with Gasteiger partial charge in [0, 0.05) is 13.5 Å². The number of fused-ring (bicyclic) bond motifs is 2. The average molecular weight is 271 g/mol. The highest BCUT2D eigenvalue weighted by Gasteiger charge is 2.42. The van der Waals surface area contributed by atoms with Gasteiger partial charge in [-0.2, -0.15) is 0 Å². The quantitative estimate of drug-likeness (QED) is 0.771. The fraction of sp³-hybridized carbons (Fsp3) is 0.923. The Labute approximate surface area is 109 Å². The lowest BCUT2D eigenvalue weighted by molar-refractivity contribution is -0.132. The van der Waals surface area contributed by atoms with E-state index >= 15 is 0 Å². The molecule has 3 atom stereocenters. The Hall–Kier alpha value is -0.580. The molecule has 3 fully saturated rings. The highest BCUT2D eigenvalue weighted by Crippen LogP contribution is 2.49. The molecular formula is C13H21NO3S. The predicted molar refractivity (Wildman–Crippen MR) is 68.8 cm³/mol. The molecule has 3 rings (SSSR count). The topological polar surface area (TPSA) is 54.5 Å². The molecule has 2 saturated carbocycles. The minimum Gasteiger partial charge on any atom is -0.341 e. The molecule has 3 unspecified atom stereocenters. The van der Waals surface area contributed by atoms with Crippen molar-refractivity contribution in [3.63, 3.8) is 0 Å². The standard InChI is InChI=1S/C13H21NO3S/c1-14(12-7-18(16,17)8-12)13(15)6-11-5-9-2-3-10(11)4-9/h9-12H,2-8H2,1H3. The number of carbonyl (C=O) groups excluding carboxylic acids is 1. The normalized spacial score (nSPS) is 37.5. The van der Waals surface area contributed by atoms with Crippen LogP contribution in [0.3, 0.4) is 0 Å². The molecule has 0 N–H and O–H groups in total. The maximum absolute atomic E-state index is 12.2. The molecular weight excluding hydrogens is 250 g/mol. The fourth-order valence-electron chi connectivity index (χ4n) is 3.96. The Morgan fingerprint density at radius 2 is 1.94 bits per heavy atom. The molecule has 0 aromatic rings. The SMILES string of the molecule is CN(C(=O)CC1CC2CCC1C2)C1CS(=O)(=O)C1. The molecule has 102 valence electrons. The van der Waals surface area contributed by atoms with Crippen molar-refractivity contribution in [3.05, 3.63) is 0 Å². The summed E-state index contributed by atoms with van der Waals surface area (Å²) < 4.78 is 22.3. The smallest absolute Gasteiger partial charge is 0.222 e. The van der Waals surface area contributed by atoms with Gasteiger partial charge in [0.2, 0.25) is 5.91 Å². The van der Waals surface area contributed by atoms with Crippen molar-refractivity contribution >= 4 is 15.7 Å². The van der Waals surface area contributed by atoms with Gasteiger partial charge in [-0.1, -0.05) is 6.42 Å². The Balaban J connectivity index is 1.52. The van der Waals surface area contributed by atoms with Crippen molar-refractivity contribution in [1.29, 1.82) is 0 Å². The number of hydrogen-bond acceptors (Lipinski definition) is 3. The van der Waals surface area contributed by atoms with Crippen LogP contribution in [-0.4, -0.2) is 43.8 Å². The molecule has 1 aliphatic heterocycles. The molecule has 4 nitrogen and oxygen atoms in total. The van der Waals surface area contributed by atoms with E-state index in [-0.39, 0.29) is 23.5 Å². The van der Waals surface area contributed by atoms with E-state index in [1.54, 1.807) is 11.9 Å². The Morgan fingerprint density at radius 3 is 2.44 bits per heavy atom. The number of carbonyl (C=O) groups is 1. The van der Waals surface area contributed by atoms with Crippen molar-refractivity contribution in [3.8, 4) is 0 Å². The van der Waals surface area contributed by atoms with Gasteiger partial charge < -0.3 is 4.90 Å². The van der Waals surface area contributed by atoms with Crippen LogP contribution in [0.2, 0.25) is 0 Å². The van der Waals surface area contributed by atoms with E-state index in [4.69, 9.17) is 0 Å². The molecule has 5 heteroatoms. The van der Waals surface area contributed by atoms with E-state index in [0.29, 0.717) is 12.3 Å². The molecule has 0 radical (unpaired) electrons. The van der Waals surface area contributed by atoms with Gasteiger partial charge in [0.05, 0.1) is 17.5 Å². The molecule has 1 heterocycles. The molecule has 2 bridgehead atoms. The van der Waals surface area contributed by atoms with E-state index in [1.807, 2.05) is 0 Å². The zero-order valence-electron chi connectivity index (χ0n) is 10.8. The minimum atomic E-state index is -2.84. The van der Waals surface area contributed by atoms with Crippen LogP contribution in [0.25, 0.3) is 0 Å². The first-order chi connectivity index (χ1) is 8.44. The van der Waals surface area contributed by atoms with E-state index in [2.05, 4.69) is 0 Å². The second kappa shape index (κ2) is 4.22. The van der Waals surface area contributed by atoms with Crippen molar-refractivity contribution in [2.45, 2.75) is 38.1 Å². The molecule has 3 aliphatic rings. The van der Waals surface area contributed by atoms with Crippen molar-refractivity contribution < 1.29 is 13.2 Å². The van der Waals surface area contributed by atoms with Gasteiger partial charge in [0.1, 0.15) is 0 Å². The van der Waals surface area contributed by atoms with Crippen molar-refractivity contribution in [2.75, 3.05) is 18.6 Å². The van der Waals surface area contributed by atoms with Crippen LogP contribution in [0.4, 0.5) is 0 Å². The summed E-state index contributed by atoms with van der Waals surface area (Å²) in [7, 11) is -1.08. The third-order valence-corrected chi connectivity index (χ3v) is 6.94. The third-order valence-electron chi connectivity index (χ3n) is 5.16. The van der Waals surface area contributed by atoms with Crippen LogP contribution in [-0.2, 0) is 14.6 Å². The first-order valence-corrected chi connectivity index (χ1v) is 8.73. The van der Waals surface area contributed by atoms with Crippen LogP contribution >= 0.6 is 0 Å².